The van der Waals surface area contributed by atoms with E-state index in [9.17, 15) is 0 Å². The lowest BCUT2D eigenvalue weighted by molar-refractivity contribution is 0.975. The summed E-state index contributed by atoms with van der Waals surface area (Å²) in [6.45, 7) is 2.05. The second-order valence-corrected chi connectivity index (χ2v) is 8.14. The molecule has 4 nitrogen and oxygen atoms in total. The van der Waals surface area contributed by atoms with Crippen LogP contribution in [0.2, 0.25) is 0 Å². The van der Waals surface area contributed by atoms with Gasteiger partial charge in [-0.05, 0) is 25.3 Å². The molecule has 0 N–H and O–H groups in total. The second kappa shape index (κ2) is 9.15. The van der Waals surface area contributed by atoms with Gasteiger partial charge in [-0.15, -0.1) is 5.11 Å². The number of rotatable bonds is 4. The second-order valence-electron chi connectivity index (χ2n) is 6.70. The van der Waals surface area contributed by atoms with Gasteiger partial charge in [0.25, 0.3) is 0 Å². The van der Waals surface area contributed by atoms with Crippen molar-refractivity contribution in [2.45, 2.75) is 6.92 Å². The minimum Gasteiger partial charge on any atom is -0.213 e. The van der Waals surface area contributed by atoms with E-state index in [2.05, 4.69) is 17.2 Å². The lowest BCUT2D eigenvalue weighted by Gasteiger charge is -2.07. The summed E-state index contributed by atoms with van der Waals surface area (Å²) in [4.78, 5) is 0. The van der Waals surface area contributed by atoms with Crippen molar-refractivity contribution in [2.75, 3.05) is 6.26 Å². The van der Waals surface area contributed by atoms with E-state index < -0.39 is 0 Å². The highest BCUT2D eigenvalue weighted by atomic mass is 32.2. The summed E-state index contributed by atoms with van der Waals surface area (Å²) >= 11 is 7.09. The zero-order chi connectivity index (χ0) is 20.9. The molecule has 6 heteroatoms. The van der Waals surface area contributed by atoms with Crippen molar-refractivity contribution in [3.63, 3.8) is 0 Å². The third kappa shape index (κ3) is 4.25. The lowest BCUT2D eigenvalue weighted by Crippen LogP contribution is -2.08. The Morgan fingerprint density at radius 3 is 2.03 bits per heavy atom. The van der Waals surface area contributed by atoms with Crippen molar-refractivity contribution in [3.05, 3.63) is 90.5 Å². The SMILES string of the molecule is CSC(=S)n1nc(-c2ccccc2)c(N=Nc2ccc(C)cc2)c1-c1ccccc1. The van der Waals surface area contributed by atoms with Crippen LogP contribution in [0.15, 0.2) is 95.2 Å². The summed E-state index contributed by atoms with van der Waals surface area (Å²) in [7, 11) is 0. The number of thiocarbonyl (C=S) groups is 1. The first-order chi connectivity index (χ1) is 14.7. The van der Waals surface area contributed by atoms with Crippen LogP contribution >= 0.6 is 24.0 Å². The molecule has 3 aromatic carbocycles. The Kier molecular flexibility index (Phi) is 6.16. The molecule has 0 fully saturated rings. The number of nitrogens with zero attached hydrogens (tertiary/aromatic N) is 4. The highest BCUT2D eigenvalue weighted by Crippen LogP contribution is 2.40. The van der Waals surface area contributed by atoms with E-state index in [-0.39, 0.29) is 0 Å². The van der Waals surface area contributed by atoms with Crippen LogP contribution in [0.25, 0.3) is 22.5 Å². The molecule has 0 spiro atoms. The Labute approximate surface area is 185 Å². The molecule has 0 bridgehead atoms. The molecule has 0 unspecified atom stereocenters. The number of hydrogen-bond donors (Lipinski definition) is 0. The molecule has 0 atom stereocenters. The fraction of sp³-hybridized carbons (Fsp3) is 0.0833. The zero-order valence-electron chi connectivity index (χ0n) is 16.7. The number of aromatic nitrogens is 2. The molecule has 0 saturated heterocycles. The molecule has 1 aromatic heterocycles. The predicted octanol–water partition coefficient (Wildman–Crippen LogP) is 7.44. The molecule has 4 rings (SSSR count). The Morgan fingerprint density at radius 2 is 1.43 bits per heavy atom. The van der Waals surface area contributed by atoms with Crippen LogP contribution in [0.4, 0.5) is 11.4 Å². The third-order valence-electron chi connectivity index (χ3n) is 4.60. The molecule has 0 amide bonds. The van der Waals surface area contributed by atoms with E-state index in [1.807, 2.05) is 91.2 Å². The van der Waals surface area contributed by atoms with Gasteiger partial charge in [0, 0.05) is 11.1 Å². The van der Waals surface area contributed by atoms with Gasteiger partial charge in [-0.3, -0.25) is 0 Å². The largest absolute Gasteiger partial charge is 0.213 e. The van der Waals surface area contributed by atoms with Crippen LogP contribution < -0.4 is 0 Å². The molecule has 0 radical (unpaired) electrons. The zero-order valence-corrected chi connectivity index (χ0v) is 18.3. The summed E-state index contributed by atoms with van der Waals surface area (Å²) < 4.78 is 2.45. The smallest absolute Gasteiger partial charge is 0.161 e. The van der Waals surface area contributed by atoms with Crippen LogP contribution in [-0.2, 0) is 0 Å². The Bertz CT molecular complexity index is 1180. The van der Waals surface area contributed by atoms with Crippen LogP contribution in [-0.4, -0.2) is 20.4 Å². The highest BCUT2D eigenvalue weighted by molar-refractivity contribution is 8.22. The predicted molar refractivity (Wildman–Crippen MR) is 130 cm³/mol. The molecule has 0 saturated carbocycles. The van der Waals surface area contributed by atoms with E-state index >= 15 is 0 Å². The minimum atomic E-state index is 0.655. The topological polar surface area (TPSA) is 42.5 Å². The normalized spacial score (nSPS) is 11.1. The first kappa shape index (κ1) is 20.2. The van der Waals surface area contributed by atoms with Crippen LogP contribution in [0.3, 0.4) is 0 Å². The van der Waals surface area contributed by atoms with Gasteiger partial charge in [0.1, 0.15) is 17.1 Å². The number of hydrogen-bond acceptors (Lipinski definition) is 5. The average Bonchev–Trinajstić information content (AvgIpc) is 3.19. The third-order valence-corrected chi connectivity index (χ3v) is 5.80. The molecular formula is C24H20N4S2. The Morgan fingerprint density at radius 1 is 0.833 bits per heavy atom. The molecule has 0 aliphatic carbocycles. The summed E-state index contributed by atoms with van der Waals surface area (Å²) in [6.07, 6.45) is 1.95. The summed E-state index contributed by atoms with van der Waals surface area (Å²) in [5.41, 5.74) is 6.22. The molecular weight excluding hydrogens is 408 g/mol. The summed E-state index contributed by atoms with van der Waals surface area (Å²) in [5.74, 6) is 0. The van der Waals surface area contributed by atoms with E-state index in [1.165, 1.54) is 17.3 Å². The van der Waals surface area contributed by atoms with Gasteiger partial charge in [-0.25, -0.2) is 4.68 Å². The van der Waals surface area contributed by atoms with Gasteiger partial charge in [0.05, 0.1) is 5.69 Å². The lowest BCUT2D eigenvalue weighted by atomic mass is 10.1. The highest BCUT2D eigenvalue weighted by Gasteiger charge is 2.22. The van der Waals surface area contributed by atoms with Crippen LogP contribution in [0.1, 0.15) is 5.56 Å². The fourth-order valence-electron chi connectivity index (χ4n) is 3.09. The number of aryl methyl sites for hydroxylation is 1. The minimum absolute atomic E-state index is 0.655. The monoisotopic (exact) mass is 428 g/mol. The summed E-state index contributed by atoms with van der Waals surface area (Å²) in [6, 6.07) is 28.0. The quantitative estimate of drug-likeness (QED) is 0.251. The van der Waals surface area contributed by atoms with Gasteiger partial charge in [0.15, 0.2) is 4.32 Å². The van der Waals surface area contributed by atoms with E-state index in [0.29, 0.717) is 10.0 Å². The standard InChI is InChI=1S/C24H20N4S2/c1-17-13-15-20(16-14-17)25-26-22-21(18-9-5-3-6-10-18)27-28(24(29)30-2)23(22)19-11-7-4-8-12-19/h3-16H,1-2H3. The van der Waals surface area contributed by atoms with E-state index in [4.69, 9.17) is 17.3 Å². The average molecular weight is 429 g/mol. The van der Waals surface area contributed by atoms with Crippen LogP contribution in [0, 0.1) is 6.92 Å². The van der Waals surface area contributed by atoms with E-state index in [0.717, 1.165) is 28.2 Å². The van der Waals surface area contributed by atoms with E-state index in [1.54, 1.807) is 4.68 Å². The number of thioether (sulfide) groups is 1. The molecule has 0 aliphatic rings. The maximum atomic E-state index is 5.62. The van der Waals surface area contributed by atoms with Gasteiger partial charge < -0.3 is 0 Å². The van der Waals surface area contributed by atoms with Crippen LogP contribution in [0.5, 0.6) is 0 Å². The van der Waals surface area contributed by atoms with Crippen molar-refractivity contribution < 1.29 is 0 Å². The fourth-order valence-corrected chi connectivity index (χ4v) is 3.52. The van der Waals surface area contributed by atoms with Crippen molar-refractivity contribution in [2.24, 2.45) is 10.2 Å². The number of benzene rings is 3. The van der Waals surface area contributed by atoms with Crippen molar-refractivity contribution >= 4 is 39.7 Å². The van der Waals surface area contributed by atoms with Gasteiger partial charge in [-0.1, -0.05) is 102 Å². The first-order valence-corrected chi connectivity index (χ1v) is 11.1. The van der Waals surface area contributed by atoms with Gasteiger partial charge in [-0.2, -0.15) is 10.2 Å². The van der Waals surface area contributed by atoms with Crippen molar-refractivity contribution in [1.29, 1.82) is 0 Å². The molecule has 30 heavy (non-hydrogen) atoms. The first-order valence-electron chi connectivity index (χ1n) is 9.48. The summed E-state index contributed by atoms with van der Waals surface area (Å²) in [5, 5.41) is 14.0. The maximum Gasteiger partial charge on any atom is 0.161 e. The molecule has 148 valence electrons. The molecule has 1 heterocycles. The number of azo groups is 1. The Balaban J connectivity index is 1.95. The Hall–Kier alpha value is -3.09. The molecule has 0 aliphatic heterocycles. The molecule has 4 aromatic rings. The van der Waals surface area contributed by atoms with Gasteiger partial charge >= 0.3 is 0 Å². The maximum absolute atomic E-state index is 5.62. The van der Waals surface area contributed by atoms with Crippen molar-refractivity contribution in [3.8, 4) is 22.5 Å². The van der Waals surface area contributed by atoms with Gasteiger partial charge in [0.2, 0.25) is 0 Å². The van der Waals surface area contributed by atoms with Crippen molar-refractivity contribution in [1.82, 2.24) is 9.78 Å².